The summed E-state index contributed by atoms with van der Waals surface area (Å²) in [6.45, 7) is 14.9. The van der Waals surface area contributed by atoms with Crippen LogP contribution in [-0.4, -0.2) is 159 Å². The predicted molar refractivity (Wildman–Crippen MR) is 322 cm³/mol. The fourth-order valence-electron chi connectivity index (χ4n) is 8.78. The molecule has 6 aliphatic rings. The van der Waals surface area contributed by atoms with Gasteiger partial charge in [0, 0.05) is 65.5 Å². The van der Waals surface area contributed by atoms with E-state index in [0.29, 0.717) is 11.4 Å². The summed E-state index contributed by atoms with van der Waals surface area (Å²) in [5.41, 5.74) is 5.65. The Morgan fingerprint density at radius 2 is 0.739 bits per heavy atom. The molecule has 0 radical (unpaired) electrons. The summed E-state index contributed by atoms with van der Waals surface area (Å²) in [5.74, 6) is -8.77. The molecule has 0 aliphatic carbocycles. The molecule has 3 fully saturated rings. The molecule has 0 aromatic heterocycles. The average Bonchev–Trinajstić information content (AvgIpc) is 1.84. The Morgan fingerprint density at radius 1 is 0.489 bits per heavy atom. The second kappa shape index (κ2) is 34.5. The van der Waals surface area contributed by atoms with Crippen molar-refractivity contribution in [1.82, 2.24) is 30.7 Å². The monoisotopic (exact) mass is 1240 g/mol. The number of nitrogens with zero attached hydrogens (tertiary/aromatic N) is 3. The molecule has 3 atom stereocenters. The van der Waals surface area contributed by atoms with E-state index in [0.717, 1.165) is 27.7 Å². The number of carboxylic acid groups (broad SMARTS) is 1. The zero-order chi connectivity index (χ0) is 63.9. The molecule has 0 bridgehead atoms. The summed E-state index contributed by atoms with van der Waals surface area (Å²) in [4.78, 5) is 175. The van der Waals surface area contributed by atoms with Crippen LogP contribution in [0.2, 0.25) is 0 Å². The van der Waals surface area contributed by atoms with E-state index in [-0.39, 0.29) is 137 Å². The largest absolute Gasteiger partial charge is 0.481 e. The highest BCUT2D eigenvalue weighted by Gasteiger charge is 2.48. The highest BCUT2D eigenvalue weighted by Crippen LogP contribution is 2.34. The average molecular weight is 1240 g/mol. The van der Waals surface area contributed by atoms with Gasteiger partial charge in [0.25, 0.3) is 41.4 Å². The Bertz CT molecular complexity index is 3020. The van der Waals surface area contributed by atoms with Crippen molar-refractivity contribution >= 4 is 100 Å². The normalized spacial score (nSPS) is 17.6. The SMILES string of the molecule is C.C.C.C.CC(=O)O.CC(=O)OC(C)(C)C.CC(=O)OC(C)(C)C.CN.CNc1cccc2c1C(=O)N(C1CCC(=O)NC1=O)C2=O.CNc1cccc2c1C(=O)N(C1CCC(=O)NC1=O)C2=O.O=C1CCC(N2C(=O)c3cccc(F)c3C2=O)C(=O)N1. The number of ether oxygens (including phenoxy) is 2. The first-order valence-corrected chi connectivity index (χ1v) is 25.9. The number of rotatable bonds is 5. The molecule has 0 saturated carbocycles. The molecule has 88 heavy (non-hydrogen) atoms. The molecule has 3 aromatic carbocycles. The number of carbonyl (C=O) groups is 15. The van der Waals surface area contributed by atoms with Gasteiger partial charge in [-0.2, -0.15) is 0 Å². The number of fused-ring (bicyclic) bond motifs is 3. The van der Waals surface area contributed by atoms with Crippen LogP contribution in [0, 0.1) is 5.82 Å². The van der Waals surface area contributed by atoms with Gasteiger partial charge in [-0.3, -0.25) is 103 Å². The summed E-state index contributed by atoms with van der Waals surface area (Å²) in [6, 6.07) is 10.7. The van der Waals surface area contributed by atoms with Gasteiger partial charge in [-0.15, -0.1) is 0 Å². The van der Waals surface area contributed by atoms with Crippen molar-refractivity contribution in [2.75, 3.05) is 31.8 Å². The Kier molecular flexibility index (Phi) is 31.6. The maximum atomic E-state index is 13.7. The van der Waals surface area contributed by atoms with E-state index in [1.165, 1.54) is 33.0 Å². The number of aliphatic carboxylic acids is 1. The van der Waals surface area contributed by atoms with E-state index < -0.39 is 89.0 Å². The van der Waals surface area contributed by atoms with Crippen LogP contribution in [0.25, 0.3) is 0 Å². The fraction of sp³-hybridized carbons (Fsp3) is 0.450. The number of anilines is 2. The molecule has 12 amide bonds. The van der Waals surface area contributed by atoms with Gasteiger partial charge in [0.1, 0.15) is 35.1 Å². The number of piperidine rings is 3. The zero-order valence-corrected chi connectivity index (χ0v) is 48.4. The van der Waals surface area contributed by atoms with E-state index >= 15 is 0 Å². The minimum Gasteiger partial charge on any atom is -0.481 e. The first kappa shape index (κ1) is 80.5. The lowest BCUT2D eigenvalue weighted by Crippen LogP contribution is -2.54. The standard InChI is InChI=1S/2C14H13N3O4.C13H9FN2O4.2C6H12O2.C2H4O2.CH5N.4CH4/c2*1-15-8-4-2-3-7-11(8)14(21)17(13(7)20)9-5-6-10(18)16-12(9)19;14-7-3-1-2-6-10(7)13(20)16(12(6)19)8-4-5-9(17)15-11(8)18;2*1-5(7)8-6(2,3)4;1-2(3)4;1-2;;;;/h2*2-4,9,15H,5-6H2,1H3,(H,16,18,19);1-3,8H,4-5H2,(H,15,17,18);2*1-4H3;1H3,(H,3,4);2H2,1H3;4*1H4. The Labute approximate surface area is 511 Å². The van der Waals surface area contributed by atoms with Gasteiger partial charge in [0.05, 0.1) is 33.4 Å². The molecular weight excluding hydrogens is 1150 g/mol. The number of halogens is 1. The predicted octanol–water partition coefficient (Wildman–Crippen LogP) is 5.39. The maximum absolute atomic E-state index is 13.7. The van der Waals surface area contributed by atoms with E-state index in [1.54, 1.807) is 50.5 Å². The number of nitrogens with one attached hydrogen (secondary N) is 5. The quantitative estimate of drug-likeness (QED) is 0.124. The highest BCUT2D eigenvalue weighted by molar-refractivity contribution is 6.27. The third-order valence-electron chi connectivity index (χ3n) is 11.8. The van der Waals surface area contributed by atoms with Gasteiger partial charge in [-0.25, -0.2) is 4.39 Å². The molecule has 484 valence electrons. The molecule has 8 N–H and O–H groups in total. The number of imide groups is 6. The van der Waals surface area contributed by atoms with Crippen LogP contribution >= 0.6 is 0 Å². The molecule has 3 unspecified atom stereocenters. The van der Waals surface area contributed by atoms with Crippen LogP contribution in [0.5, 0.6) is 0 Å². The fourth-order valence-corrected chi connectivity index (χ4v) is 8.78. The summed E-state index contributed by atoms with van der Waals surface area (Å²) in [7, 11) is 4.81. The maximum Gasteiger partial charge on any atom is 0.303 e. The first-order chi connectivity index (χ1) is 39.1. The second-order valence-corrected chi connectivity index (χ2v) is 20.4. The Morgan fingerprint density at radius 3 is 0.955 bits per heavy atom. The van der Waals surface area contributed by atoms with E-state index in [1.807, 2.05) is 41.5 Å². The molecule has 6 heterocycles. The zero-order valence-electron chi connectivity index (χ0n) is 48.4. The van der Waals surface area contributed by atoms with E-state index in [4.69, 9.17) is 19.4 Å². The lowest BCUT2D eigenvalue weighted by Gasteiger charge is -2.27. The van der Waals surface area contributed by atoms with Gasteiger partial charge in [0.2, 0.25) is 35.4 Å². The van der Waals surface area contributed by atoms with Gasteiger partial charge < -0.3 is 30.9 Å². The van der Waals surface area contributed by atoms with Gasteiger partial charge in [-0.05, 0) is 104 Å². The molecule has 9 rings (SSSR count). The Hall–Kier alpha value is -9.60. The number of hydrogen-bond acceptors (Lipinski definition) is 20. The summed E-state index contributed by atoms with van der Waals surface area (Å²) in [6.07, 6.45) is 0.630. The van der Waals surface area contributed by atoms with Crippen molar-refractivity contribution < 1.29 is 90.9 Å². The van der Waals surface area contributed by atoms with Gasteiger partial charge in [-0.1, -0.05) is 47.9 Å². The number of carboxylic acids is 1. The van der Waals surface area contributed by atoms with Gasteiger partial charge >= 0.3 is 11.9 Å². The molecule has 6 aliphatic heterocycles. The van der Waals surface area contributed by atoms with Crippen LogP contribution in [0.15, 0.2) is 54.6 Å². The number of benzene rings is 3. The van der Waals surface area contributed by atoms with Crippen molar-refractivity contribution in [3.8, 4) is 0 Å². The number of carbonyl (C=O) groups excluding carboxylic acids is 14. The first-order valence-electron chi connectivity index (χ1n) is 25.9. The van der Waals surface area contributed by atoms with Crippen LogP contribution in [-0.2, 0) is 52.6 Å². The summed E-state index contributed by atoms with van der Waals surface area (Å²) < 4.78 is 23.3. The third kappa shape index (κ3) is 20.5. The minimum atomic E-state index is -1.07. The van der Waals surface area contributed by atoms with Crippen molar-refractivity contribution in [2.45, 2.75) is 160 Å². The van der Waals surface area contributed by atoms with Gasteiger partial charge in [0.15, 0.2) is 0 Å². The van der Waals surface area contributed by atoms with Crippen molar-refractivity contribution in [2.24, 2.45) is 5.73 Å². The molecule has 3 aromatic rings. The number of esters is 2. The summed E-state index contributed by atoms with van der Waals surface area (Å²) in [5, 5.41) is 19.5. The molecule has 0 spiro atoms. The van der Waals surface area contributed by atoms with E-state index in [9.17, 15) is 71.5 Å². The van der Waals surface area contributed by atoms with Crippen molar-refractivity contribution in [1.29, 1.82) is 0 Å². The van der Waals surface area contributed by atoms with Crippen molar-refractivity contribution in [3.05, 3.63) is 93.8 Å². The van der Waals surface area contributed by atoms with Crippen LogP contribution < -0.4 is 32.3 Å². The van der Waals surface area contributed by atoms with Crippen molar-refractivity contribution in [3.63, 3.8) is 0 Å². The highest BCUT2D eigenvalue weighted by atomic mass is 19.1. The number of nitrogens with two attached hydrogens (primary N) is 1. The minimum absolute atomic E-state index is 0. The molecule has 28 heteroatoms. The molecular formula is C60H84FN9O18. The Balaban J connectivity index is 0. The smallest absolute Gasteiger partial charge is 0.303 e. The van der Waals surface area contributed by atoms with E-state index in [2.05, 4.69) is 32.3 Å². The lowest BCUT2D eigenvalue weighted by molar-refractivity contribution is -0.153. The summed E-state index contributed by atoms with van der Waals surface area (Å²) >= 11 is 0. The lowest BCUT2D eigenvalue weighted by atomic mass is 10.0. The van der Waals surface area contributed by atoms with Crippen LogP contribution in [0.4, 0.5) is 15.8 Å². The number of amides is 12. The number of hydrogen-bond donors (Lipinski definition) is 7. The second-order valence-electron chi connectivity index (χ2n) is 20.4. The molecule has 27 nitrogen and oxygen atoms in total. The van der Waals surface area contributed by atoms with Crippen LogP contribution in [0.1, 0.15) is 193 Å². The topological polar surface area (TPSA) is 391 Å². The molecule has 3 saturated heterocycles. The van der Waals surface area contributed by atoms with Crippen LogP contribution in [0.3, 0.4) is 0 Å². The third-order valence-corrected chi connectivity index (χ3v) is 11.8.